The lowest BCUT2D eigenvalue weighted by molar-refractivity contribution is 0.432. The maximum absolute atomic E-state index is 13.9. The number of benzene rings is 2. The first-order valence-electron chi connectivity index (χ1n) is 6.92. The highest BCUT2D eigenvalue weighted by Gasteiger charge is 2.13. The first kappa shape index (κ1) is 14.5. The second-order valence-corrected chi connectivity index (χ2v) is 4.94. The maximum atomic E-state index is 13.9. The van der Waals surface area contributed by atoms with Crippen molar-refractivity contribution in [1.82, 2.24) is 0 Å². The third-order valence-corrected chi connectivity index (χ3v) is 3.17. The molecular weight excluding hydrogens is 253 g/mol. The van der Waals surface area contributed by atoms with E-state index in [1.165, 1.54) is 11.6 Å². The fourth-order valence-electron chi connectivity index (χ4n) is 2.12. The van der Waals surface area contributed by atoms with Gasteiger partial charge in [0.25, 0.3) is 0 Å². The van der Waals surface area contributed by atoms with Crippen LogP contribution in [0.25, 0.3) is 0 Å². The molecule has 1 unspecified atom stereocenters. The minimum Gasteiger partial charge on any atom is -0.454 e. The average Bonchev–Trinajstić information content (AvgIpc) is 2.43. The quantitative estimate of drug-likeness (QED) is 0.864. The zero-order valence-electron chi connectivity index (χ0n) is 11.9. The summed E-state index contributed by atoms with van der Waals surface area (Å²) in [5, 5.41) is 0. The summed E-state index contributed by atoms with van der Waals surface area (Å²) in [4.78, 5) is 0. The van der Waals surface area contributed by atoms with Crippen molar-refractivity contribution < 1.29 is 9.13 Å². The van der Waals surface area contributed by atoms with E-state index in [1.807, 2.05) is 31.2 Å². The van der Waals surface area contributed by atoms with Gasteiger partial charge in [-0.1, -0.05) is 37.6 Å². The van der Waals surface area contributed by atoms with Crippen molar-refractivity contribution >= 4 is 0 Å². The van der Waals surface area contributed by atoms with Crippen LogP contribution in [0.2, 0.25) is 0 Å². The van der Waals surface area contributed by atoms with Gasteiger partial charge in [-0.25, -0.2) is 4.39 Å². The van der Waals surface area contributed by atoms with E-state index in [2.05, 4.69) is 6.92 Å². The molecule has 1 atom stereocenters. The van der Waals surface area contributed by atoms with Crippen LogP contribution in [-0.2, 0) is 6.42 Å². The molecule has 0 saturated heterocycles. The van der Waals surface area contributed by atoms with Gasteiger partial charge in [0.2, 0.25) is 0 Å². The standard InChI is InChI=1S/C17H20FNO/c1-3-5-13-8-10-14(11-9-13)20-17-15(12(2)19)6-4-7-16(17)18/h4,6-12H,3,5,19H2,1-2H3. The Hall–Kier alpha value is -1.87. The predicted octanol–water partition coefficient (Wildman–Crippen LogP) is 4.59. The molecule has 0 aliphatic rings. The van der Waals surface area contributed by atoms with Crippen molar-refractivity contribution in [2.75, 3.05) is 0 Å². The molecule has 0 heterocycles. The van der Waals surface area contributed by atoms with E-state index in [-0.39, 0.29) is 11.8 Å². The van der Waals surface area contributed by atoms with Crippen LogP contribution in [0, 0.1) is 5.82 Å². The molecule has 0 saturated carbocycles. The molecule has 20 heavy (non-hydrogen) atoms. The number of halogens is 1. The smallest absolute Gasteiger partial charge is 0.167 e. The van der Waals surface area contributed by atoms with E-state index in [1.54, 1.807) is 12.1 Å². The normalized spacial score (nSPS) is 12.2. The summed E-state index contributed by atoms with van der Waals surface area (Å²) in [6, 6.07) is 12.3. The van der Waals surface area contributed by atoms with Crippen molar-refractivity contribution in [3.8, 4) is 11.5 Å². The Morgan fingerprint density at radius 1 is 1.15 bits per heavy atom. The molecule has 0 aliphatic heterocycles. The van der Waals surface area contributed by atoms with Gasteiger partial charge in [0.15, 0.2) is 11.6 Å². The summed E-state index contributed by atoms with van der Waals surface area (Å²) in [7, 11) is 0. The van der Waals surface area contributed by atoms with Crippen molar-refractivity contribution in [1.29, 1.82) is 0 Å². The molecule has 0 amide bonds. The third-order valence-electron chi connectivity index (χ3n) is 3.17. The topological polar surface area (TPSA) is 35.2 Å². The van der Waals surface area contributed by atoms with Gasteiger partial charge >= 0.3 is 0 Å². The van der Waals surface area contributed by atoms with Gasteiger partial charge in [-0.05, 0) is 37.1 Å². The first-order valence-corrected chi connectivity index (χ1v) is 6.92. The molecule has 2 aromatic carbocycles. The van der Waals surface area contributed by atoms with Gasteiger partial charge in [0, 0.05) is 11.6 Å². The highest BCUT2D eigenvalue weighted by molar-refractivity contribution is 5.41. The van der Waals surface area contributed by atoms with Crippen LogP contribution in [0.4, 0.5) is 4.39 Å². The average molecular weight is 273 g/mol. The fourth-order valence-corrected chi connectivity index (χ4v) is 2.12. The third kappa shape index (κ3) is 3.36. The highest BCUT2D eigenvalue weighted by Crippen LogP contribution is 2.31. The zero-order chi connectivity index (χ0) is 14.5. The second kappa shape index (κ2) is 6.53. The van der Waals surface area contributed by atoms with Crippen LogP contribution in [0.1, 0.15) is 37.4 Å². The van der Waals surface area contributed by atoms with Crippen LogP contribution >= 0.6 is 0 Å². The molecule has 0 fully saturated rings. The first-order chi connectivity index (χ1) is 9.61. The van der Waals surface area contributed by atoms with Gasteiger partial charge in [0.05, 0.1) is 0 Å². The van der Waals surface area contributed by atoms with E-state index >= 15 is 0 Å². The Bertz CT molecular complexity index is 564. The van der Waals surface area contributed by atoms with Crippen LogP contribution in [0.5, 0.6) is 11.5 Å². The summed E-state index contributed by atoms with van der Waals surface area (Å²) >= 11 is 0. The zero-order valence-corrected chi connectivity index (χ0v) is 11.9. The van der Waals surface area contributed by atoms with Gasteiger partial charge < -0.3 is 10.5 Å². The maximum Gasteiger partial charge on any atom is 0.167 e. The molecular formula is C17H20FNO. The molecule has 2 aromatic rings. The Balaban J connectivity index is 2.25. The largest absolute Gasteiger partial charge is 0.454 e. The van der Waals surface area contributed by atoms with Crippen LogP contribution in [0.15, 0.2) is 42.5 Å². The van der Waals surface area contributed by atoms with E-state index < -0.39 is 5.82 Å². The van der Waals surface area contributed by atoms with Gasteiger partial charge in [-0.3, -0.25) is 0 Å². The molecule has 106 valence electrons. The molecule has 2 nitrogen and oxygen atoms in total. The van der Waals surface area contributed by atoms with Crippen LogP contribution in [0.3, 0.4) is 0 Å². The van der Waals surface area contributed by atoms with Gasteiger partial charge in [-0.2, -0.15) is 0 Å². The minimum absolute atomic E-state index is 0.214. The molecule has 0 radical (unpaired) electrons. The van der Waals surface area contributed by atoms with Crippen molar-refractivity contribution in [2.24, 2.45) is 5.73 Å². The Morgan fingerprint density at radius 3 is 2.45 bits per heavy atom. The number of aryl methyl sites for hydroxylation is 1. The van der Waals surface area contributed by atoms with Crippen molar-refractivity contribution in [3.05, 3.63) is 59.4 Å². The molecule has 3 heteroatoms. The Labute approximate surface area is 119 Å². The van der Waals surface area contributed by atoms with E-state index in [0.717, 1.165) is 12.8 Å². The van der Waals surface area contributed by atoms with E-state index in [9.17, 15) is 4.39 Å². The SMILES string of the molecule is CCCc1ccc(Oc2c(F)cccc2C(C)N)cc1. The molecule has 0 spiro atoms. The number of nitrogens with two attached hydrogens (primary N) is 1. The summed E-state index contributed by atoms with van der Waals surface area (Å²) in [5.41, 5.74) is 7.77. The van der Waals surface area contributed by atoms with Crippen LogP contribution in [-0.4, -0.2) is 0 Å². The predicted molar refractivity (Wildman–Crippen MR) is 79.5 cm³/mol. The lowest BCUT2D eigenvalue weighted by Crippen LogP contribution is -2.07. The molecule has 2 rings (SSSR count). The lowest BCUT2D eigenvalue weighted by Gasteiger charge is -2.14. The summed E-state index contributed by atoms with van der Waals surface area (Å²) < 4.78 is 19.6. The minimum atomic E-state index is -0.391. The molecule has 0 aliphatic carbocycles. The number of hydrogen-bond donors (Lipinski definition) is 1. The summed E-state index contributed by atoms with van der Waals surface area (Å²) in [5.74, 6) is 0.444. The number of para-hydroxylation sites is 1. The number of hydrogen-bond acceptors (Lipinski definition) is 2. The lowest BCUT2D eigenvalue weighted by atomic mass is 10.1. The van der Waals surface area contributed by atoms with Gasteiger partial charge in [-0.15, -0.1) is 0 Å². The Morgan fingerprint density at radius 2 is 1.85 bits per heavy atom. The van der Waals surface area contributed by atoms with Crippen LogP contribution < -0.4 is 10.5 Å². The Kier molecular flexibility index (Phi) is 4.74. The summed E-state index contributed by atoms with van der Waals surface area (Å²) in [6.45, 7) is 3.95. The molecule has 2 N–H and O–H groups in total. The van der Waals surface area contributed by atoms with E-state index in [0.29, 0.717) is 11.3 Å². The number of rotatable bonds is 5. The van der Waals surface area contributed by atoms with E-state index in [4.69, 9.17) is 10.5 Å². The molecule has 0 bridgehead atoms. The second-order valence-electron chi connectivity index (χ2n) is 4.94. The number of ether oxygens (including phenoxy) is 1. The summed E-state index contributed by atoms with van der Waals surface area (Å²) in [6.07, 6.45) is 2.13. The highest BCUT2D eigenvalue weighted by atomic mass is 19.1. The van der Waals surface area contributed by atoms with Crippen molar-refractivity contribution in [3.63, 3.8) is 0 Å². The molecule has 0 aromatic heterocycles. The van der Waals surface area contributed by atoms with Crippen molar-refractivity contribution in [2.45, 2.75) is 32.7 Å². The monoisotopic (exact) mass is 273 g/mol. The van der Waals surface area contributed by atoms with Gasteiger partial charge in [0.1, 0.15) is 5.75 Å². The fraction of sp³-hybridized carbons (Fsp3) is 0.294.